The maximum Gasteiger partial charge on any atom is 0.251 e. The molecule has 130 valence electrons. The van der Waals surface area contributed by atoms with E-state index in [1.54, 1.807) is 26.0 Å². The van der Waals surface area contributed by atoms with Crippen molar-refractivity contribution in [1.82, 2.24) is 14.9 Å². The summed E-state index contributed by atoms with van der Waals surface area (Å²) in [4.78, 5) is 12.2. The fourth-order valence-corrected chi connectivity index (χ4v) is 3.62. The van der Waals surface area contributed by atoms with Crippen LogP contribution in [-0.4, -0.2) is 51.4 Å². The minimum absolute atomic E-state index is 0.199. The number of hydrogen-bond donors (Lipinski definition) is 2. The molecular weight excluding hydrogens is 314 g/mol. The first-order valence-electron chi connectivity index (χ1n) is 8.06. The molecule has 1 rings (SSSR count). The zero-order valence-corrected chi connectivity index (χ0v) is 14.9. The van der Waals surface area contributed by atoms with Crippen LogP contribution < -0.4 is 10.6 Å². The van der Waals surface area contributed by atoms with Gasteiger partial charge in [0.25, 0.3) is 5.91 Å². The van der Waals surface area contributed by atoms with Gasteiger partial charge >= 0.3 is 0 Å². The lowest BCUT2D eigenvalue weighted by molar-refractivity contribution is 0.0954. The number of sulfonamides is 1. The molecular formula is C16H27N3O3S. The Morgan fingerprint density at radius 1 is 1.00 bits per heavy atom. The third-order valence-electron chi connectivity index (χ3n) is 3.47. The molecule has 0 atom stereocenters. The SMILES string of the molecule is CCCNCCNC(=O)c1ccc(S(=O)(=O)N(CC)CC)cc1. The van der Waals surface area contributed by atoms with Crippen molar-refractivity contribution in [3.8, 4) is 0 Å². The summed E-state index contributed by atoms with van der Waals surface area (Å²) in [5.74, 6) is -0.199. The number of carbonyl (C=O) groups is 1. The lowest BCUT2D eigenvalue weighted by Crippen LogP contribution is -2.32. The van der Waals surface area contributed by atoms with Gasteiger partial charge in [0.05, 0.1) is 4.90 Å². The van der Waals surface area contributed by atoms with E-state index in [4.69, 9.17) is 0 Å². The molecule has 6 nitrogen and oxygen atoms in total. The molecule has 0 heterocycles. The summed E-state index contributed by atoms with van der Waals surface area (Å²) in [7, 11) is -3.48. The van der Waals surface area contributed by atoms with Crippen LogP contribution in [0, 0.1) is 0 Å². The van der Waals surface area contributed by atoms with E-state index in [2.05, 4.69) is 17.6 Å². The van der Waals surface area contributed by atoms with E-state index >= 15 is 0 Å². The Hall–Kier alpha value is -1.44. The van der Waals surface area contributed by atoms with Crippen LogP contribution in [0.1, 0.15) is 37.6 Å². The second-order valence-electron chi connectivity index (χ2n) is 5.12. The minimum atomic E-state index is -3.48. The molecule has 7 heteroatoms. The van der Waals surface area contributed by atoms with E-state index < -0.39 is 10.0 Å². The van der Waals surface area contributed by atoms with Gasteiger partial charge in [-0.25, -0.2) is 8.42 Å². The second kappa shape index (κ2) is 9.64. The Bertz CT molecular complexity index is 581. The molecule has 0 saturated carbocycles. The van der Waals surface area contributed by atoms with Gasteiger partial charge in [0.2, 0.25) is 10.0 Å². The minimum Gasteiger partial charge on any atom is -0.351 e. The Balaban J connectivity index is 2.67. The van der Waals surface area contributed by atoms with Gasteiger partial charge in [0.1, 0.15) is 0 Å². The molecule has 23 heavy (non-hydrogen) atoms. The standard InChI is InChI=1S/C16H27N3O3S/c1-4-11-17-12-13-18-16(20)14-7-9-15(10-8-14)23(21,22)19(5-2)6-3/h7-10,17H,4-6,11-13H2,1-3H3,(H,18,20). The molecule has 0 fully saturated rings. The topological polar surface area (TPSA) is 78.5 Å². The summed E-state index contributed by atoms with van der Waals surface area (Å²) >= 11 is 0. The van der Waals surface area contributed by atoms with E-state index in [0.29, 0.717) is 31.7 Å². The number of benzene rings is 1. The Morgan fingerprint density at radius 2 is 1.61 bits per heavy atom. The first kappa shape index (κ1) is 19.6. The number of hydrogen-bond acceptors (Lipinski definition) is 4. The van der Waals surface area contributed by atoms with E-state index in [9.17, 15) is 13.2 Å². The summed E-state index contributed by atoms with van der Waals surface area (Å²) in [6.07, 6.45) is 1.05. The van der Waals surface area contributed by atoms with E-state index in [1.807, 2.05) is 0 Å². The van der Waals surface area contributed by atoms with Crippen molar-refractivity contribution < 1.29 is 13.2 Å². The van der Waals surface area contributed by atoms with Gasteiger partial charge in [0.15, 0.2) is 0 Å². The van der Waals surface area contributed by atoms with Crippen LogP contribution in [-0.2, 0) is 10.0 Å². The van der Waals surface area contributed by atoms with Crippen LogP contribution in [0.3, 0.4) is 0 Å². The average molecular weight is 341 g/mol. The van der Waals surface area contributed by atoms with Gasteiger partial charge in [-0.3, -0.25) is 4.79 Å². The highest BCUT2D eigenvalue weighted by atomic mass is 32.2. The zero-order chi connectivity index (χ0) is 17.3. The van der Waals surface area contributed by atoms with Crippen molar-refractivity contribution >= 4 is 15.9 Å². The third-order valence-corrected chi connectivity index (χ3v) is 5.54. The van der Waals surface area contributed by atoms with E-state index in [-0.39, 0.29) is 10.8 Å². The maximum absolute atomic E-state index is 12.4. The highest BCUT2D eigenvalue weighted by Gasteiger charge is 2.21. The van der Waals surface area contributed by atoms with Crippen molar-refractivity contribution in [2.45, 2.75) is 32.1 Å². The summed E-state index contributed by atoms with van der Waals surface area (Å²) < 4.78 is 26.1. The molecule has 0 bridgehead atoms. The fraction of sp³-hybridized carbons (Fsp3) is 0.562. The van der Waals surface area contributed by atoms with Gasteiger partial charge in [-0.1, -0.05) is 20.8 Å². The molecule has 0 aliphatic carbocycles. The Morgan fingerprint density at radius 3 is 2.13 bits per heavy atom. The van der Waals surface area contributed by atoms with Gasteiger partial charge in [-0.2, -0.15) is 4.31 Å². The first-order chi connectivity index (χ1) is 11.0. The number of amides is 1. The van der Waals surface area contributed by atoms with Gasteiger partial charge < -0.3 is 10.6 Å². The van der Waals surface area contributed by atoms with E-state index in [1.165, 1.54) is 16.4 Å². The monoisotopic (exact) mass is 341 g/mol. The Kier molecular flexibility index (Phi) is 8.22. The smallest absolute Gasteiger partial charge is 0.251 e. The van der Waals surface area contributed by atoms with Crippen LogP contribution >= 0.6 is 0 Å². The molecule has 0 spiro atoms. The van der Waals surface area contributed by atoms with Gasteiger partial charge in [-0.15, -0.1) is 0 Å². The molecule has 1 aromatic rings. The molecule has 2 N–H and O–H groups in total. The molecule has 0 aliphatic rings. The number of carbonyl (C=O) groups excluding carboxylic acids is 1. The normalized spacial score (nSPS) is 11.7. The third kappa shape index (κ3) is 5.60. The average Bonchev–Trinajstić information content (AvgIpc) is 2.55. The molecule has 1 aromatic carbocycles. The predicted octanol–water partition coefficient (Wildman–Crippen LogP) is 1.45. The zero-order valence-electron chi connectivity index (χ0n) is 14.1. The van der Waals surface area contributed by atoms with Crippen molar-refractivity contribution in [3.05, 3.63) is 29.8 Å². The number of nitrogens with one attached hydrogen (secondary N) is 2. The highest BCUT2D eigenvalue weighted by molar-refractivity contribution is 7.89. The molecule has 0 aliphatic heterocycles. The predicted molar refractivity (Wildman–Crippen MR) is 92.0 cm³/mol. The van der Waals surface area contributed by atoms with Crippen molar-refractivity contribution in [2.24, 2.45) is 0 Å². The highest BCUT2D eigenvalue weighted by Crippen LogP contribution is 2.16. The van der Waals surface area contributed by atoms with Crippen molar-refractivity contribution in [2.75, 3.05) is 32.7 Å². The summed E-state index contributed by atoms with van der Waals surface area (Å²) in [5.41, 5.74) is 0.457. The van der Waals surface area contributed by atoms with Gasteiger partial charge in [-0.05, 0) is 37.2 Å². The second-order valence-corrected chi connectivity index (χ2v) is 7.06. The fourth-order valence-electron chi connectivity index (χ4n) is 2.16. The summed E-state index contributed by atoms with van der Waals surface area (Å²) in [6, 6.07) is 6.06. The maximum atomic E-state index is 12.4. The van der Waals surface area contributed by atoms with Gasteiger partial charge in [0, 0.05) is 31.7 Å². The molecule has 0 radical (unpaired) electrons. The lowest BCUT2D eigenvalue weighted by Gasteiger charge is -2.18. The number of nitrogens with zero attached hydrogens (tertiary/aromatic N) is 1. The van der Waals surface area contributed by atoms with Crippen molar-refractivity contribution in [1.29, 1.82) is 0 Å². The molecule has 0 aromatic heterocycles. The molecule has 0 unspecified atom stereocenters. The Labute approximate surface area is 139 Å². The molecule has 0 saturated heterocycles. The largest absolute Gasteiger partial charge is 0.351 e. The summed E-state index contributed by atoms with van der Waals surface area (Å²) in [5, 5.41) is 6.00. The van der Waals surface area contributed by atoms with Crippen LogP contribution in [0.15, 0.2) is 29.2 Å². The number of rotatable bonds is 10. The van der Waals surface area contributed by atoms with Crippen molar-refractivity contribution in [3.63, 3.8) is 0 Å². The molecule has 1 amide bonds. The van der Waals surface area contributed by atoms with Crippen LogP contribution in [0.4, 0.5) is 0 Å². The quantitative estimate of drug-likeness (QED) is 0.631. The van der Waals surface area contributed by atoms with E-state index in [0.717, 1.165) is 13.0 Å². The first-order valence-corrected chi connectivity index (χ1v) is 9.50. The van der Waals surface area contributed by atoms with Crippen LogP contribution in [0.2, 0.25) is 0 Å². The van der Waals surface area contributed by atoms with Crippen LogP contribution in [0.5, 0.6) is 0 Å². The summed E-state index contributed by atoms with van der Waals surface area (Å²) in [6.45, 7) is 8.71. The van der Waals surface area contributed by atoms with Crippen LogP contribution in [0.25, 0.3) is 0 Å². The lowest BCUT2D eigenvalue weighted by atomic mass is 10.2.